The number of thiazole rings is 1. The van der Waals surface area contributed by atoms with Gasteiger partial charge in [-0.25, -0.2) is 0 Å². The molecule has 0 bridgehead atoms. The zero-order valence-electron chi connectivity index (χ0n) is 8.55. The van der Waals surface area contributed by atoms with E-state index in [0.717, 1.165) is 11.3 Å². The Balaban J connectivity index is 2.02. The van der Waals surface area contributed by atoms with Gasteiger partial charge in [0.25, 0.3) is 0 Å². The van der Waals surface area contributed by atoms with E-state index in [1.807, 2.05) is 30.3 Å². The molecule has 0 fully saturated rings. The van der Waals surface area contributed by atoms with Gasteiger partial charge in [0.15, 0.2) is 9.22 Å². The van der Waals surface area contributed by atoms with Gasteiger partial charge in [0.2, 0.25) is 5.88 Å². The normalized spacial score (nSPS) is 10.1. The summed E-state index contributed by atoms with van der Waals surface area (Å²) < 4.78 is 0.689. The minimum atomic E-state index is -0.184. The Morgan fingerprint density at radius 3 is 2.71 bits per heavy atom. The van der Waals surface area contributed by atoms with Crippen LogP contribution in [0.2, 0.25) is 5.02 Å². The van der Waals surface area contributed by atoms with Crippen molar-refractivity contribution in [3.8, 4) is 11.9 Å². The molecule has 1 N–H and O–H groups in total. The molecule has 0 aliphatic heterocycles. The van der Waals surface area contributed by atoms with Crippen LogP contribution in [0.15, 0.2) is 28.6 Å². The Hall–Kier alpha value is -1.22. The van der Waals surface area contributed by atoms with Crippen LogP contribution < -0.4 is 0 Å². The summed E-state index contributed by atoms with van der Waals surface area (Å²) in [6.45, 7) is 0. The van der Waals surface area contributed by atoms with E-state index in [1.165, 1.54) is 23.1 Å². The van der Waals surface area contributed by atoms with E-state index < -0.39 is 0 Å². The molecule has 2 aromatic rings. The molecular formula is C11H7ClN2OS2. The summed E-state index contributed by atoms with van der Waals surface area (Å²) in [5.41, 5.74) is 1.12. The molecule has 1 aromatic carbocycles. The quantitative estimate of drug-likeness (QED) is 0.873. The summed E-state index contributed by atoms with van der Waals surface area (Å²) in [6.07, 6.45) is 0. The Morgan fingerprint density at radius 2 is 2.12 bits per heavy atom. The first-order valence-electron chi connectivity index (χ1n) is 4.66. The monoisotopic (exact) mass is 282 g/mol. The molecule has 0 amide bonds. The molecule has 0 spiro atoms. The van der Waals surface area contributed by atoms with Crippen molar-refractivity contribution in [3.05, 3.63) is 39.7 Å². The molecular weight excluding hydrogens is 276 g/mol. The number of hydrogen-bond acceptors (Lipinski definition) is 5. The van der Waals surface area contributed by atoms with Crippen LogP contribution in [-0.4, -0.2) is 10.1 Å². The average Bonchev–Trinajstić information content (AvgIpc) is 2.69. The van der Waals surface area contributed by atoms with Gasteiger partial charge in [0, 0.05) is 10.8 Å². The number of nitrogens with zero attached hydrogens (tertiary/aromatic N) is 2. The zero-order valence-corrected chi connectivity index (χ0v) is 10.9. The third-order valence-electron chi connectivity index (χ3n) is 1.97. The summed E-state index contributed by atoms with van der Waals surface area (Å²) in [5.74, 6) is 0.547. The fourth-order valence-electron chi connectivity index (χ4n) is 1.15. The molecule has 6 heteroatoms. The van der Waals surface area contributed by atoms with Crippen LogP contribution >= 0.6 is 34.7 Å². The van der Waals surface area contributed by atoms with Crippen LogP contribution in [-0.2, 0) is 5.75 Å². The Kier molecular flexibility index (Phi) is 3.89. The van der Waals surface area contributed by atoms with Crippen molar-refractivity contribution in [3.63, 3.8) is 0 Å². The van der Waals surface area contributed by atoms with Crippen LogP contribution in [0.4, 0.5) is 0 Å². The third kappa shape index (κ3) is 3.13. The standard InChI is InChI=1S/C11H7ClN2OS2/c12-8-3-1-7(2-4-8)6-16-11-14-10(15)9(5-13)17-11/h1-4,15H,6H2. The van der Waals surface area contributed by atoms with Crippen molar-refractivity contribution in [2.75, 3.05) is 0 Å². The van der Waals surface area contributed by atoms with Crippen molar-refractivity contribution in [2.45, 2.75) is 10.1 Å². The molecule has 0 saturated heterocycles. The number of halogens is 1. The molecule has 0 saturated carbocycles. The highest BCUT2D eigenvalue weighted by Crippen LogP contribution is 2.32. The number of nitriles is 1. The topological polar surface area (TPSA) is 56.9 Å². The van der Waals surface area contributed by atoms with Crippen molar-refractivity contribution in [1.29, 1.82) is 5.26 Å². The lowest BCUT2D eigenvalue weighted by molar-refractivity contribution is 0.453. The highest BCUT2D eigenvalue weighted by atomic mass is 35.5. The van der Waals surface area contributed by atoms with Crippen LogP contribution in [0, 0.1) is 11.3 Å². The highest BCUT2D eigenvalue weighted by molar-refractivity contribution is 8.00. The van der Waals surface area contributed by atoms with E-state index in [0.29, 0.717) is 9.36 Å². The van der Waals surface area contributed by atoms with Crippen LogP contribution in [0.5, 0.6) is 5.88 Å². The Labute approximate surface area is 112 Å². The van der Waals surface area contributed by atoms with E-state index in [4.69, 9.17) is 16.9 Å². The van der Waals surface area contributed by atoms with Crippen LogP contribution in [0.25, 0.3) is 0 Å². The second kappa shape index (κ2) is 5.41. The van der Waals surface area contributed by atoms with Crippen molar-refractivity contribution in [1.82, 2.24) is 4.98 Å². The third-order valence-corrected chi connectivity index (χ3v) is 4.38. The lowest BCUT2D eigenvalue weighted by Gasteiger charge is -1.98. The second-order valence-electron chi connectivity index (χ2n) is 3.16. The molecule has 0 aliphatic carbocycles. The lowest BCUT2D eigenvalue weighted by Crippen LogP contribution is -1.79. The van der Waals surface area contributed by atoms with E-state index >= 15 is 0 Å². The van der Waals surface area contributed by atoms with Crippen molar-refractivity contribution < 1.29 is 5.11 Å². The Morgan fingerprint density at radius 1 is 1.41 bits per heavy atom. The summed E-state index contributed by atoms with van der Waals surface area (Å²) in [4.78, 5) is 4.16. The molecule has 1 aromatic heterocycles. The number of benzene rings is 1. The molecule has 3 nitrogen and oxygen atoms in total. The first kappa shape index (κ1) is 12.2. The number of hydrogen-bond donors (Lipinski definition) is 1. The second-order valence-corrected chi connectivity index (χ2v) is 5.82. The molecule has 2 rings (SSSR count). The fraction of sp³-hybridized carbons (Fsp3) is 0.0909. The lowest BCUT2D eigenvalue weighted by atomic mass is 10.2. The highest BCUT2D eigenvalue weighted by Gasteiger charge is 2.09. The summed E-state index contributed by atoms with van der Waals surface area (Å²) in [6, 6.07) is 9.44. The molecule has 1 heterocycles. The molecule has 86 valence electrons. The number of aromatic hydroxyl groups is 1. The fourth-order valence-corrected chi connectivity index (χ4v) is 3.06. The smallest absolute Gasteiger partial charge is 0.241 e. The first-order valence-corrected chi connectivity index (χ1v) is 6.84. The maximum absolute atomic E-state index is 9.31. The van der Waals surface area contributed by atoms with E-state index in [2.05, 4.69) is 4.98 Å². The molecule has 0 aliphatic rings. The van der Waals surface area contributed by atoms with Gasteiger partial charge in [-0.2, -0.15) is 10.2 Å². The van der Waals surface area contributed by atoms with Gasteiger partial charge in [-0.3, -0.25) is 0 Å². The zero-order chi connectivity index (χ0) is 12.3. The van der Waals surface area contributed by atoms with Gasteiger partial charge in [-0.15, -0.1) is 0 Å². The van der Waals surface area contributed by atoms with Crippen molar-refractivity contribution >= 4 is 34.7 Å². The predicted octanol–water partition coefficient (Wildman–Crippen LogP) is 3.67. The van der Waals surface area contributed by atoms with E-state index in [-0.39, 0.29) is 10.8 Å². The number of rotatable bonds is 3. The van der Waals surface area contributed by atoms with E-state index in [9.17, 15) is 5.11 Å². The minimum absolute atomic E-state index is 0.184. The van der Waals surface area contributed by atoms with Crippen LogP contribution in [0.3, 0.4) is 0 Å². The molecule has 0 radical (unpaired) electrons. The minimum Gasteiger partial charge on any atom is -0.492 e. The van der Waals surface area contributed by atoms with Crippen molar-refractivity contribution in [2.24, 2.45) is 0 Å². The summed E-state index contributed by atoms with van der Waals surface area (Å²) in [7, 11) is 0. The van der Waals surface area contributed by atoms with E-state index in [1.54, 1.807) is 0 Å². The van der Waals surface area contributed by atoms with Gasteiger partial charge >= 0.3 is 0 Å². The first-order chi connectivity index (χ1) is 8.19. The Bertz CT molecular complexity index is 560. The summed E-state index contributed by atoms with van der Waals surface area (Å²) in [5, 5.41) is 18.7. The maximum atomic E-state index is 9.31. The molecule has 0 unspecified atom stereocenters. The van der Waals surface area contributed by atoms with Gasteiger partial charge in [-0.05, 0) is 17.7 Å². The summed E-state index contributed by atoms with van der Waals surface area (Å²) >= 11 is 8.47. The molecule has 0 atom stereocenters. The van der Waals surface area contributed by atoms with Gasteiger partial charge in [0.05, 0.1) is 0 Å². The SMILES string of the molecule is N#Cc1sc(SCc2ccc(Cl)cc2)nc1O. The average molecular weight is 283 g/mol. The van der Waals surface area contributed by atoms with Crippen LogP contribution in [0.1, 0.15) is 10.4 Å². The number of thioether (sulfide) groups is 1. The molecule has 17 heavy (non-hydrogen) atoms. The largest absolute Gasteiger partial charge is 0.492 e. The van der Waals surface area contributed by atoms with Gasteiger partial charge in [0.1, 0.15) is 6.07 Å². The maximum Gasteiger partial charge on any atom is 0.241 e. The predicted molar refractivity (Wildman–Crippen MR) is 69.5 cm³/mol. The van der Waals surface area contributed by atoms with Gasteiger partial charge in [-0.1, -0.05) is 46.8 Å². The number of aromatic nitrogens is 1. The van der Waals surface area contributed by atoms with Gasteiger partial charge < -0.3 is 5.11 Å².